The van der Waals surface area contributed by atoms with Crippen LogP contribution in [-0.2, 0) is 33.4 Å². The molecule has 2 aromatic carbocycles. The normalized spacial score (nSPS) is 12.8. The molecule has 2 amide bonds. The van der Waals surface area contributed by atoms with Crippen LogP contribution in [0.1, 0.15) is 58.2 Å². The van der Waals surface area contributed by atoms with Gasteiger partial charge in [-0.3, -0.25) is 4.79 Å². The summed E-state index contributed by atoms with van der Waals surface area (Å²) in [6, 6.07) is 9.86. The molecular weight excluding hydrogens is 505 g/mol. The molecule has 0 saturated heterocycles. The molecular formula is C27H33F3N2O6. The zero-order valence-electron chi connectivity index (χ0n) is 22.2. The highest BCUT2D eigenvalue weighted by Crippen LogP contribution is 2.31. The first kappa shape index (κ1) is 30.5. The van der Waals surface area contributed by atoms with Gasteiger partial charge in [-0.1, -0.05) is 30.3 Å². The smallest absolute Gasteiger partial charge is 0.444 e. The molecule has 0 bridgehead atoms. The zero-order chi connectivity index (χ0) is 28.7. The maximum atomic E-state index is 13.3. The second kappa shape index (κ2) is 12.2. The summed E-state index contributed by atoms with van der Waals surface area (Å²) < 4.78 is 55.4. The van der Waals surface area contributed by atoms with E-state index in [2.05, 4.69) is 10.6 Å². The van der Waals surface area contributed by atoms with Gasteiger partial charge in [0.25, 0.3) is 0 Å². The van der Waals surface area contributed by atoms with Gasteiger partial charge in [0, 0.05) is 13.0 Å². The molecule has 2 aromatic rings. The summed E-state index contributed by atoms with van der Waals surface area (Å²) in [6.07, 6.45) is -6.34. The van der Waals surface area contributed by atoms with E-state index in [9.17, 15) is 27.6 Å². The number of nitrogens with one attached hydrogen (secondary N) is 2. The molecule has 0 radical (unpaired) electrons. The van der Waals surface area contributed by atoms with Crippen LogP contribution in [0.2, 0.25) is 0 Å². The van der Waals surface area contributed by atoms with Crippen LogP contribution < -0.4 is 15.4 Å². The minimum absolute atomic E-state index is 0.0152. The van der Waals surface area contributed by atoms with Gasteiger partial charge in [-0.2, -0.15) is 13.2 Å². The number of alkyl halides is 3. The number of amides is 2. The Labute approximate surface area is 219 Å². The van der Waals surface area contributed by atoms with E-state index in [1.165, 1.54) is 30.3 Å². The third-order valence-corrected chi connectivity index (χ3v) is 4.74. The molecule has 208 valence electrons. The van der Waals surface area contributed by atoms with E-state index in [0.717, 1.165) is 6.07 Å². The fourth-order valence-corrected chi connectivity index (χ4v) is 3.21. The molecule has 8 nitrogen and oxygen atoms in total. The lowest BCUT2D eigenvalue weighted by atomic mass is 10.0. The van der Waals surface area contributed by atoms with Crippen LogP contribution in [0, 0.1) is 0 Å². The lowest BCUT2D eigenvalue weighted by molar-refractivity contribution is -0.138. The van der Waals surface area contributed by atoms with Gasteiger partial charge in [0.1, 0.15) is 23.0 Å². The Morgan fingerprint density at radius 1 is 0.842 bits per heavy atom. The number of rotatable bonds is 7. The molecule has 2 N–H and O–H groups in total. The Hall–Kier alpha value is -3.76. The molecule has 1 unspecified atom stereocenters. The van der Waals surface area contributed by atoms with E-state index in [0.29, 0.717) is 5.56 Å². The fraction of sp³-hybridized carbons (Fsp3) is 0.444. The molecule has 1 atom stereocenters. The number of hydrogen-bond donors (Lipinski definition) is 2. The largest absolute Gasteiger partial charge is 0.514 e. The number of benzene rings is 2. The zero-order valence-corrected chi connectivity index (χ0v) is 22.2. The molecule has 0 heterocycles. The summed E-state index contributed by atoms with van der Waals surface area (Å²) in [5.74, 6) is -0.505. The van der Waals surface area contributed by atoms with Crippen molar-refractivity contribution in [3.63, 3.8) is 0 Å². The van der Waals surface area contributed by atoms with Crippen LogP contribution in [0.4, 0.5) is 22.8 Å². The monoisotopic (exact) mass is 538 g/mol. The second-order valence-electron chi connectivity index (χ2n) is 10.5. The molecule has 0 spiro atoms. The van der Waals surface area contributed by atoms with Crippen molar-refractivity contribution in [3.8, 4) is 5.75 Å². The van der Waals surface area contributed by atoms with Gasteiger partial charge in [0.2, 0.25) is 5.91 Å². The van der Waals surface area contributed by atoms with Gasteiger partial charge in [0.05, 0.1) is 5.56 Å². The second-order valence-corrected chi connectivity index (χ2v) is 10.5. The van der Waals surface area contributed by atoms with Crippen LogP contribution in [-0.4, -0.2) is 35.4 Å². The number of halogens is 3. The number of hydrogen-bond acceptors (Lipinski definition) is 6. The maximum absolute atomic E-state index is 13.3. The average molecular weight is 539 g/mol. The lowest BCUT2D eigenvalue weighted by Crippen LogP contribution is -2.49. The van der Waals surface area contributed by atoms with E-state index in [1.807, 2.05) is 0 Å². The molecule has 0 aromatic heterocycles. The Morgan fingerprint density at radius 2 is 1.42 bits per heavy atom. The molecule has 11 heteroatoms. The highest BCUT2D eigenvalue weighted by atomic mass is 19.4. The van der Waals surface area contributed by atoms with Gasteiger partial charge in [-0.05, 0) is 70.9 Å². The lowest BCUT2D eigenvalue weighted by Gasteiger charge is -2.24. The number of carbonyl (C=O) groups is 3. The van der Waals surface area contributed by atoms with Gasteiger partial charge in [-0.15, -0.1) is 0 Å². The van der Waals surface area contributed by atoms with Gasteiger partial charge < -0.3 is 24.8 Å². The van der Waals surface area contributed by atoms with Gasteiger partial charge >= 0.3 is 18.4 Å². The molecule has 0 aliphatic heterocycles. The van der Waals surface area contributed by atoms with Crippen molar-refractivity contribution in [3.05, 3.63) is 65.2 Å². The van der Waals surface area contributed by atoms with Crippen molar-refractivity contribution >= 4 is 18.2 Å². The first-order valence-electron chi connectivity index (χ1n) is 11.8. The molecule has 38 heavy (non-hydrogen) atoms. The van der Waals surface area contributed by atoms with Crippen molar-refractivity contribution < 1.29 is 41.8 Å². The molecule has 2 rings (SSSR count). The minimum atomic E-state index is -4.58. The van der Waals surface area contributed by atoms with Crippen molar-refractivity contribution in [2.24, 2.45) is 0 Å². The Morgan fingerprint density at radius 3 is 1.97 bits per heavy atom. The summed E-state index contributed by atoms with van der Waals surface area (Å²) in [5.41, 5.74) is -1.97. The molecule has 0 aliphatic carbocycles. The first-order valence-corrected chi connectivity index (χ1v) is 11.8. The SMILES string of the molecule is CC(C)(C)OC(=O)NC(Cc1ccc(OC(=O)OC(C)(C)C)cc1)C(=O)NCc1ccccc1C(F)(F)F. The minimum Gasteiger partial charge on any atom is -0.444 e. The third kappa shape index (κ3) is 10.7. The van der Waals surface area contributed by atoms with Gasteiger partial charge in [-0.25, -0.2) is 9.59 Å². The summed E-state index contributed by atoms with van der Waals surface area (Å²) in [5, 5.41) is 4.94. The third-order valence-electron chi connectivity index (χ3n) is 4.74. The topological polar surface area (TPSA) is 103 Å². The summed E-state index contributed by atoms with van der Waals surface area (Å²) in [4.78, 5) is 37.2. The highest BCUT2D eigenvalue weighted by Gasteiger charge is 2.33. The predicted molar refractivity (Wildman–Crippen MR) is 133 cm³/mol. The number of alkyl carbamates (subject to hydrolysis) is 1. The van der Waals surface area contributed by atoms with Gasteiger partial charge in [0.15, 0.2) is 0 Å². The number of carbonyl (C=O) groups excluding carboxylic acids is 3. The maximum Gasteiger partial charge on any atom is 0.514 e. The Kier molecular flexibility index (Phi) is 9.77. The van der Waals surface area contributed by atoms with Crippen molar-refractivity contribution in [2.75, 3.05) is 0 Å². The van der Waals surface area contributed by atoms with Crippen molar-refractivity contribution in [1.29, 1.82) is 0 Å². The van der Waals surface area contributed by atoms with Crippen LogP contribution >= 0.6 is 0 Å². The highest BCUT2D eigenvalue weighted by molar-refractivity contribution is 5.86. The van der Waals surface area contributed by atoms with E-state index in [1.54, 1.807) is 53.7 Å². The summed E-state index contributed by atoms with van der Waals surface area (Å²) >= 11 is 0. The fourth-order valence-electron chi connectivity index (χ4n) is 3.21. The molecule has 0 aliphatic rings. The predicted octanol–water partition coefficient (Wildman–Crippen LogP) is 5.77. The van der Waals surface area contributed by atoms with Crippen LogP contribution in [0.25, 0.3) is 0 Å². The van der Waals surface area contributed by atoms with E-state index >= 15 is 0 Å². The standard InChI is InChI=1S/C27H33F3N2O6/c1-25(2,3)37-23(34)32-21(22(33)31-16-18-9-7-8-10-20(18)27(28,29)30)15-17-11-13-19(14-12-17)36-24(35)38-26(4,5)6/h7-14,21H,15-16H2,1-6H3,(H,31,33)(H,32,34). The Balaban J connectivity index is 2.15. The average Bonchev–Trinajstić information content (AvgIpc) is 2.75. The van der Waals surface area contributed by atoms with Crippen LogP contribution in [0.15, 0.2) is 48.5 Å². The van der Waals surface area contributed by atoms with Crippen LogP contribution in [0.5, 0.6) is 5.75 Å². The summed E-state index contributed by atoms with van der Waals surface area (Å²) in [7, 11) is 0. The number of ether oxygens (including phenoxy) is 3. The molecule has 0 fully saturated rings. The van der Waals surface area contributed by atoms with Crippen molar-refractivity contribution in [2.45, 2.75) is 77.9 Å². The quantitative estimate of drug-likeness (QED) is 0.343. The first-order chi connectivity index (χ1) is 17.4. The van der Waals surface area contributed by atoms with Crippen molar-refractivity contribution in [1.82, 2.24) is 10.6 Å². The summed E-state index contributed by atoms with van der Waals surface area (Å²) in [6.45, 7) is 9.65. The Bertz CT molecular complexity index is 1120. The van der Waals surface area contributed by atoms with E-state index in [-0.39, 0.29) is 17.7 Å². The van der Waals surface area contributed by atoms with E-state index in [4.69, 9.17) is 14.2 Å². The van der Waals surface area contributed by atoms with Crippen LogP contribution in [0.3, 0.4) is 0 Å². The van der Waals surface area contributed by atoms with E-state index < -0.39 is 53.7 Å². The molecule has 0 saturated carbocycles.